The van der Waals surface area contributed by atoms with Crippen molar-refractivity contribution in [3.8, 4) is 0 Å². The van der Waals surface area contributed by atoms with Crippen LogP contribution >= 0.6 is 0 Å². The summed E-state index contributed by atoms with van der Waals surface area (Å²) in [6.07, 6.45) is -4.30. The van der Waals surface area contributed by atoms with Crippen molar-refractivity contribution >= 4 is 22.8 Å². The van der Waals surface area contributed by atoms with Crippen LogP contribution in [0.25, 0.3) is 11.0 Å². The van der Waals surface area contributed by atoms with Gasteiger partial charge >= 0.3 is 6.18 Å². The second-order valence-electron chi connectivity index (χ2n) is 5.92. The number of benzene rings is 1. The van der Waals surface area contributed by atoms with Gasteiger partial charge in [0.2, 0.25) is 5.82 Å². The van der Waals surface area contributed by atoms with Crippen molar-refractivity contribution in [1.29, 1.82) is 0 Å². The predicted octanol–water partition coefficient (Wildman–Crippen LogP) is 2.38. The molecule has 2 amide bonds. The van der Waals surface area contributed by atoms with Crippen molar-refractivity contribution in [1.82, 2.24) is 25.6 Å². The Morgan fingerprint density at radius 1 is 1.21 bits per heavy atom. The number of alkyl halides is 3. The maximum atomic E-state index is 13.3. The summed E-state index contributed by atoms with van der Waals surface area (Å²) in [5, 5.41) is 3.73. The van der Waals surface area contributed by atoms with Crippen molar-refractivity contribution in [2.24, 2.45) is 0 Å². The first-order chi connectivity index (χ1) is 13.2. The summed E-state index contributed by atoms with van der Waals surface area (Å²) in [5.74, 6) is -2.45. The number of fused-ring (bicyclic) bond motifs is 1. The number of hydrogen-bond donors (Lipinski definition) is 2. The highest BCUT2D eigenvalue weighted by Crippen LogP contribution is 2.31. The van der Waals surface area contributed by atoms with Crippen LogP contribution in [0.3, 0.4) is 0 Å². The van der Waals surface area contributed by atoms with E-state index in [1.807, 2.05) is 0 Å². The number of nitrogens with zero attached hydrogens (tertiary/aromatic N) is 3. The van der Waals surface area contributed by atoms with Crippen LogP contribution in [0.5, 0.6) is 0 Å². The highest BCUT2D eigenvalue weighted by Gasteiger charge is 2.38. The van der Waals surface area contributed by atoms with Gasteiger partial charge < -0.3 is 9.09 Å². The Kier molecular flexibility index (Phi) is 5.08. The van der Waals surface area contributed by atoms with Gasteiger partial charge in [0.05, 0.1) is 16.7 Å². The fourth-order valence-corrected chi connectivity index (χ4v) is 2.77. The van der Waals surface area contributed by atoms with Gasteiger partial charge in [-0.2, -0.15) is 13.2 Å². The van der Waals surface area contributed by atoms with Gasteiger partial charge in [0.1, 0.15) is 17.9 Å². The van der Waals surface area contributed by atoms with Gasteiger partial charge in [0, 0.05) is 0 Å². The second-order valence-corrected chi connectivity index (χ2v) is 5.92. The Morgan fingerprint density at radius 3 is 2.61 bits per heavy atom. The Hall–Kier alpha value is -3.37. The summed E-state index contributed by atoms with van der Waals surface area (Å²) in [6.45, 7) is 2.63. The lowest BCUT2D eigenvalue weighted by molar-refractivity contribution is -0.147. The minimum absolute atomic E-state index is 0.111. The van der Waals surface area contributed by atoms with E-state index in [-0.39, 0.29) is 22.4 Å². The fourth-order valence-electron chi connectivity index (χ4n) is 2.77. The van der Waals surface area contributed by atoms with Crippen LogP contribution in [0.2, 0.25) is 0 Å². The smallest absolute Gasteiger partial charge is 0.361 e. The van der Waals surface area contributed by atoms with E-state index in [4.69, 9.17) is 4.52 Å². The average Bonchev–Trinajstić information content (AvgIpc) is 3.20. The van der Waals surface area contributed by atoms with Crippen molar-refractivity contribution in [3.05, 3.63) is 47.1 Å². The molecule has 0 atom stereocenters. The van der Waals surface area contributed by atoms with Crippen LogP contribution in [-0.4, -0.2) is 26.5 Å². The lowest BCUT2D eigenvalue weighted by Gasteiger charge is -2.12. The van der Waals surface area contributed by atoms with Crippen LogP contribution in [0, 0.1) is 6.92 Å². The first-order valence-corrected chi connectivity index (χ1v) is 8.29. The van der Waals surface area contributed by atoms with Gasteiger partial charge in [0.25, 0.3) is 11.8 Å². The van der Waals surface area contributed by atoms with E-state index >= 15 is 0 Å². The van der Waals surface area contributed by atoms with Gasteiger partial charge in [-0.1, -0.05) is 24.2 Å². The van der Waals surface area contributed by atoms with E-state index in [2.05, 4.69) is 21.0 Å². The SMILES string of the molecule is CCc1noc(C)c1C(=O)NNC(=O)Cn1c(C(F)(F)F)nc2ccccc21. The molecule has 0 unspecified atom stereocenters. The van der Waals surface area contributed by atoms with Crippen LogP contribution in [0.4, 0.5) is 13.2 Å². The molecule has 0 saturated heterocycles. The highest BCUT2D eigenvalue weighted by atomic mass is 19.4. The Bertz CT molecular complexity index is 1040. The number of hydrazine groups is 1. The third-order valence-electron chi connectivity index (χ3n) is 4.02. The molecule has 0 spiro atoms. The van der Waals surface area contributed by atoms with Gasteiger partial charge in [-0.05, 0) is 25.5 Å². The van der Waals surface area contributed by atoms with Gasteiger partial charge in [-0.15, -0.1) is 0 Å². The maximum Gasteiger partial charge on any atom is 0.449 e. The van der Waals surface area contributed by atoms with Crippen molar-refractivity contribution in [2.45, 2.75) is 33.0 Å². The maximum absolute atomic E-state index is 13.3. The van der Waals surface area contributed by atoms with E-state index in [9.17, 15) is 22.8 Å². The topological polar surface area (TPSA) is 102 Å². The van der Waals surface area contributed by atoms with E-state index < -0.39 is 30.4 Å². The number of carbonyl (C=O) groups is 2. The lowest BCUT2D eigenvalue weighted by Crippen LogP contribution is -2.43. The molecular formula is C17H16F3N5O3. The molecule has 0 fully saturated rings. The van der Waals surface area contributed by atoms with Crippen molar-refractivity contribution < 1.29 is 27.3 Å². The number of halogens is 3. The zero-order valence-corrected chi connectivity index (χ0v) is 14.9. The Morgan fingerprint density at radius 2 is 1.93 bits per heavy atom. The van der Waals surface area contributed by atoms with Crippen molar-refractivity contribution in [3.63, 3.8) is 0 Å². The quantitative estimate of drug-likeness (QED) is 0.661. The number of imidazole rings is 1. The molecule has 8 nitrogen and oxygen atoms in total. The molecule has 2 N–H and O–H groups in total. The van der Waals surface area contributed by atoms with E-state index in [1.165, 1.54) is 19.1 Å². The Labute approximate surface area is 156 Å². The average molecular weight is 395 g/mol. The second kappa shape index (κ2) is 7.33. The molecule has 0 bridgehead atoms. The summed E-state index contributed by atoms with van der Waals surface area (Å²) in [6, 6.07) is 5.94. The number of hydrogen-bond acceptors (Lipinski definition) is 5. The molecular weight excluding hydrogens is 379 g/mol. The van der Waals surface area contributed by atoms with Gasteiger partial charge in [-0.25, -0.2) is 4.98 Å². The third-order valence-corrected chi connectivity index (χ3v) is 4.02. The minimum atomic E-state index is -4.74. The first-order valence-electron chi connectivity index (χ1n) is 8.29. The van der Waals surface area contributed by atoms with E-state index in [0.717, 1.165) is 4.57 Å². The molecule has 0 aliphatic heterocycles. The molecule has 2 aromatic heterocycles. The lowest BCUT2D eigenvalue weighted by atomic mass is 10.1. The fraction of sp³-hybridized carbons (Fsp3) is 0.294. The molecule has 28 heavy (non-hydrogen) atoms. The highest BCUT2D eigenvalue weighted by molar-refractivity contribution is 5.97. The van der Waals surface area contributed by atoms with E-state index in [0.29, 0.717) is 12.1 Å². The van der Waals surface area contributed by atoms with Crippen LogP contribution in [0.15, 0.2) is 28.8 Å². The van der Waals surface area contributed by atoms with Crippen LogP contribution in [0.1, 0.15) is 34.6 Å². The first kappa shape index (κ1) is 19.4. The molecule has 11 heteroatoms. The zero-order valence-electron chi connectivity index (χ0n) is 14.9. The van der Waals surface area contributed by atoms with Crippen molar-refractivity contribution in [2.75, 3.05) is 0 Å². The zero-order chi connectivity index (χ0) is 20.5. The van der Waals surface area contributed by atoms with Gasteiger partial charge in [-0.3, -0.25) is 20.4 Å². The number of carbonyl (C=O) groups excluding carboxylic acids is 2. The normalized spacial score (nSPS) is 11.6. The van der Waals surface area contributed by atoms with Gasteiger partial charge in [0.15, 0.2) is 0 Å². The molecule has 3 rings (SSSR count). The molecule has 0 aliphatic carbocycles. The number of nitrogens with one attached hydrogen (secondary N) is 2. The molecule has 0 saturated carbocycles. The molecule has 2 heterocycles. The summed E-state index contributed by atoms with van der Waals surface area (Å²) < 4.78 is 45.5. The molecule has 148 valence electrons. The number of para-hydroxylation sites is 2. The minimum Gasteiger partial charge on any atom is -0.361 e. The molecule has 0 aliphatic rings. The third kappa shape index (κ3) is 3.68. The number of rotatable bonds is 4. The molecule has 1 aromatic carbocycles. The molecule has 3 aromatic rings. The number of aryl methyl sites for hydroxylation is 2. The summed E-state index contributed by atoms with van der Waals surface area (Å²) in [5.41, 5.74) is 5.12. The number of aromatic nitrogens is 3. The molecule has 0 radical (unpaired) electrons. The standard InChI is InChI=1S/C17H16F3N5O3/c1-3-10-14(9(2)28-24-10)15(27)23-22-13(26)8-25-12-7-5-4-6-11(12)21-16(25)17(18,19)20/h4-7H,3,8H2,1-2H3,(H,22,26)(H,23,27). The monoisotopic (exact) mass is 395 g/mol. The van der Waals surface area contributed by atoms with Crippen LogP contribution in [-0.2, 0) is 23.9 Å². The summed E-state index contributed by atoms with van der Waals surface area (Å²) in [4.78, 5) is 27.9. The number of amides is 2. The predicted molar refractivity (Wildman–Crippen MR) is 91.0 cm³/mol. The summed E-state index contributed by atoms with van der Waals surface area (Å²) >= 11 is 0. The van der Waals surface area contributed by atoms with Crippen LogP contribution < -0.4 is 10.9 Å². The Balaban J connectivity index is 1.77. The largest absolute Gasteiger partial charge is 0.449 e. The van der Waals surface area contributed by atoms with E-state index in [1.54, 1.807) is 19.1 Å². The summed E-state index contributed by atoms with van der Waals surface area (Å²) in [7, 11) is 0.